The second-order valence-corrected chi connectivity index (χ2v) is 13.7. The first-order chi connectivity index (χ1) is 24.4. The van der Waals surface area contributed by atoms with Crippen LogP contribution in [0, 0.1) is 22.7 Å². The van der Waals surface area contributed by atoms with Gasteiger partial charge in [0.15, 0.2) is 5.60 Å². The van der Waals surface area contributed by atoms with Crippen molar-refractivity contribution in [3.05, 3.63) is 191 Å². The molecule has 1 aliphatic rings. The Hall–Kier alpha value is -6.61. The van der Waals surface area contributed by atoms with Crippen molar-refractivity contribution in [1.82, 2.24) is 0 Å². The van der Waals surface area contributed by atoms with Crippen LogP contribution in [-0.4, -0.2) is 8.42 Å². The lowest BCUT2D eigenvalue weighted by molar-refractivity contribution is 0.0746. The van der Waals surface area contributed by atoms with E-state index in [1.807, 2.05) is 103 Å². The number of rotatable bonds is 9. The van der Waals surface area contributed by atoms with Gasteiger partial charge in [0.2, 0.25) is 14.9 Å². The number of nitriles is 2. The molecule has 0 atom stereocenters. The lowest BCUT2D eigenvalue weighted by Gasteiger charge is -2.31. The smallest absolute Gasteiger partial charge is 0.239 e. The highest BCUT2D eigenvalue weighted by Crippen LogP contribution is 2.52. The molecule has 0 aliphatic carbocycles. The van der Waals surface area contributed by atoms with Crippen molar-refractivity contribution in [2.24, 2.45) is 0 Å². The van der Waals surface area contributed by atoms with Gasteiger partial charge in [-0.25, -0.2) is 8.42 Å². The molecule has 0 fully saturated rings. The number of nitrogens with zero attached hydrogens (tertiary/aromatic N) is 2. The highest BCUT2D eigenvalue weighted by molar-refractivity contribution is 7.95. The molecule has 50 heavy (non-hydrogen) atoms. The Morgan fingerprint density at radius 1 is 0.560 bits per heavy atom. The number of hydrogen-bond acceptors (Lipinski definition) is 7. The molecule has 0 saturated carbocycles. The molecule has 0 unspecified atom stereocenters. The lowest BCUT2D eigenvalue weighted by Crippen LogP contribution is -2.28. The summed E-state index contributed by atoms with van der Waals surface area (Å²) < 4.78 is 36.0. The molecule has 0 radical (unpaired) electrons. The molecule has 6 aromatic rings. The monoisotopic (exact) mass is 670 g/mol. The van der Waals surface area contributed by atoms with Gasteiger partial charge in [0.25, 0.3) is 0 Å². The Balaban J connectivity index is 1.28. The third-order valence-electron chi connectivity index (χ3n) is 8.64. The third kappa shape index (κ3) is 6.32. The van der Waals surface area contributed by atoms with Gasteiger partial charge in [-0.2, -0.15) is 10.5 Å². The number of sulfone groups is 1. The van der Waals surface area contributed by atoms with Crippen molar-refractivity contribution >= 4 is 38.2 Å². The summed E-state index contributed by atoms with van der Waals surface area (Å²) in [7, 11) is -4.14. The summed E-state index contributed by atoms with van der Waals surface area (Å²) in [6.45, 7) is 0. The van der Waals surface area contributed by atoms with Crippen LogP contribution in [0.5, 0.6) is 0 Å². The summed E-state index contributed by atoms with van der Waals surface area (Å²) in [5.41, 5.74) is 6.00. The minimum atomic E-state index is -4.14. The minimum Gasteiger partial charge on any atom is -0.466 e. The van der Waals surface area contributed by atoms with E-state index in [2.05, 4.69) is 22.8 Å². The summed E-state index contributed by atoms with van der Waals surface area (Å²) in [5, 5.41) is 24.9. The van der Waals surface area contributed by atoms with E-state index in [-0.39, 0.29) is 16.4 Å². The lowest BCUT2D eigenvalue weighted by atomic mass is 9.81. The van der Waals surface area contributed by atoms with Crippen LogP contribution in [0.4, 0.5) is 22.7 Å². The maximum atomic E-state index is 14.6. The molecule has 7 rings (SSSR count). The second kappa shape index (κ2) is 13.5. The fourth-order valence-corrected chi connectivity index (χ4v) is 7.60. The van der Waals surface area contributed by atoms with Gasteiger partial charge in [0.05, 0.1) is 28.2 Å². The van der Waals surface area contributed by atoms with Crippen LogP contribution in [0.3, 0.4) is 0 Å². The van der Waals surface area contributed by atoms with Gasteiger partial charge >= 0.3 is 0 Å². The van der Waals surface area contributed by atoms with E-state index in [9.17, 15) is 13.7 Å². The van der Waals surface area contributed by atoms with Crippen LogP contribution in [0.2, 0.25) is 0 Å². The average Bonchev–Trinajstić information content (AvgIpc) is 3.60. The van der Waals surface area contributed by atoms with Gasteiger partial charge in [0, 0.05) is 45.9 Å². The van der Waals surface area contributed by atoms with Crippen molar-refractivity contribution < 1.29 is 13.2 Å². The van der Waals surface area contributed by atoms with Crippen LogP contribution in [0.15, 0.2) is 168 Å². The molecule has 8 heteroatoms. The molecule has 7 nitrogen and oxygen atoms in total. The van der Waals surface area contributed by atoms with Crippen LogP contribution >= 0.6 is 0 Å². The quantitative estimate of drug-likeness (QED) is 0.157. The topological polar surface area (TPSA) is 115 Å². The fourth-order valence-electron chi connectivity index (χ4n) is 6.12. The first-order valence-electron chi connectivity index (χ1n) is 15.9. The normalized spacial score (nSPS) is 13.5. The molecule has 1 aliphatic heterocycles. The van der Waals surface area contributed by atoms with Crippen molar-refractivity contribution in [3.8, 4) is 12.1 Å². The summed E-state index contributed by atoms with van der Waals surface area (Å²) in [4.78, 5) is 0.0948. The van der Waals surface area contributed by atoms with E-state index < -0.39 is 15.4 Å². The van der Waals surface area contributed by atoms with Crippen LogP contribution in [-0.2, 0) is 20.2 Å². The Bertz CT molecular complexity index is 2340. The number of anilines is 4. The van der Waals surface area contributed by atoms with Gasteiger partial charge in [-0.1, -0.05) is 78.9 Å². The van der Waals surface area contributed by atoms with Gasteiger partial charge in [-0.3, -0.25) is 0 Å². The van der Waals surface area contributed by atoms with Gasteiger partial charge in [0.1, 0.15) is 0 Å². The molecule has 0 spiro atoms. The zero-order chi connectivity index (χ0) is 34.6. The summed E-state index contributed by atoms with van der Waals surface area (Å²) in [6, 6.07) is 52.0. The molecular weight excluding hydrogens is 641 g/mol. The standard InChI is InChI=1S/C42H30N4O3S/c43-28-30-14-18-35(19-15-30)45-36-20-16-32(17-21-36)40-27-42(33-9-3-1-4-10-33,34-11-5-2-6-12-34)49-41(40)50(47,48)39-24-22-37(23-25-39)46-38-13-7-8-31(26-38)29-44/h1-26,45-46H,27H2. The molecule has 0 saturated heterocycles. The number of nitrogens with one attached hydrogen (secondary N) is 2. The molecule has 0 bridgehead atoms. The first kappa shape index (κ1) is 32.0. The minimum absolute atomic E-state index is 0.0948. The molecule has 6 aromatic carbocycles. The highest BCUT2D eigenvalue weighted by atomic mass is 32.2. The maximum absolute atomic E-state index is 14.6. The second-order valence-electron chi connectivity index (χ2n) is 11.8. The van der Waals surface area contributed by atoms with Crippen LogP contribution in [0.25, 0.3) is 5.57 Å². The Morgan fingerprint density at radius 3 is 1.64 bits per heavy atom. The number of ether oxygens (including phenoxy) is 1. The van der Waals surface area contributed by atoms with Gasteiger partial charge in [-0.05, 0) is 84.4 Å². The van der Waals surface area contributed by atoms with Crippen molar-refractivity contribution in [1.29, 1.82) is 10.5 Å². The molecule has 2 N–H and O–H groups in total. The summed E-state index contributed by atoms with van der Waals surface area (Å²) in [5.74, 6) is 0. The van der Waals surface area contributed by atoms with E-state index in [1.54, 1.807) is 54.6 Å². The van der Waals surface area contributed by atoms with E-state index in [0.29, 0.717) is 22.4 Å². The molecule has 0 aromatic heterocycles. The highest BCUT2D eigenvalue weighted by Gasteiger charge is 2.48. The maximum Gasteiger partial charge on any atom is 0.239 e. The summed E-state index contributed by atoms with van der Waals surface area (Å²) in [6.07, 6.45) is 0.285. The van der Waals surface area contributed by atoms with Crippen molar-refractivity contribution in [2.75, 3.05) is 10.6 Å². The SMILES string of the molecule is N#Cc1ccc(Nc2ccc(C3=C(S(=O)(=O)c4ccc(Nc5cccc(C#N)c5)cc4)OC(c4ccccc4)(c4ccccc4)C3)cc2)cc1. The van der Waals surface area contributed by atoms with E-state index in [4.69, 9.17) is 10.00 Å². The van der Waals surface area contributed by atoms with Crippen molar-refractivity contribution in [2.45, 2.75) is 16.9 Å². The predicted molar refractivity (Wildman–Crippen MR) is 195 cm³/mol. The molecule has 1 heterocycles. The number of benzene rings is 6. The largest absolute Gasteiger partial charge is 0.466 e. The Kier molecular flexibility index (Phi) is 8.62. The zero-order valence-corrected chi connectivity index (χ0v) is 27.6. The third-order valence-corrected chi connectivity index (χ3v) is 10.4. The Morgan fingerprint density at radius 2 is 1.08 bits per heavy atom. The van der Waals surface area contributed by atoms with Crippen molar-refractivity contribution in [3.63, 3.8) is 0 Å². The first-order valence-corrected chi connectivity index (χ1v) is 17.4. The number of hydrogen-bond donors (Lipinski definition) is 2. The van der Waals surface area contributed by atoms with Gasteiger partial charge in [-0.15, -0.1) is 0 Å². The van der Waals surface area contributed by atoms with Gasteiger partial charge < -0.3 is 15.4 Å². The van der Waals surface area contributed by atoms with E-state index in [0.717, 1.165) is 33.8 Å². The predicted octanol–water partition coefficient (Wildman–Crippen LogP) is 9.42. The van der Waals surface area contributed by atoms with E-state index >= 15 is 0 Å². The Labute approximate surface area is 291 Å². The molecule has 242 valence electrons. The van der Waals surface area contributed by atoms with Crippen LogP contribution < -0.4 is 10.6 Å². The van der Waals surface area contributed by atoms with Crippen LogP contribution in [0.1, 0.15) is 34.2 Å². The van der Waals surface area contributed by atoms with E-state index in [1.165, 1.54) is 0 Å². The fraction of sp³-hybridized carbons (Fsp3) is 0.0476. The molecular formula is C42H30N4O3S. The zero-order valence-electron chi connectivity index (χ0n) is 26.7. The summed E-state index contributed by atoms with van der Waals surface area (Å²) >= 11 is 0. The average molecular weight is 671 g/mol. The molecule has 0 amide bonds.